The second-order valence-corrected chi connectivity index (χ2v) is 5.25. The number of hydrogen-bond donors (Lipinski definition) is 2. The first-order valence-electron chi connectivity index (χ1n) is 7.71. The number of para-hydroxylation sites is 1. The van der Waals surface area contributed by atoms with Crippen LogP contribution in [0.3, 0.4) is 0 Å². The normalized spacial score (nSPS) is 10.3. The van der Waals surface area contributed by atoms with Crippen molar-refractivity contribution in [1.29, 1.82) is 0 Å². The predicted molar refractivity (Wildman–Crippen MR) is 92.3 cm³/mol. The third-order valence-electron chi connectivity index (χ3n) is 3.52. The summed E-state index contributed by atoms with van der Waals surface area (Å²) in [7, 11) is 1.37. The van der Waals surface area contributed by atoms with Crippen LogP contribution in [-0.2, 0) is 9.53 Å². The summed E-state index contributed by atoms with van der Waals surface area (Å²) in [6, 6.07) is 11.4. The number of aromatic nitrogens is 1. The van der Waals surface area contributed by atoms with E-state index >= 15 is 0 Å². The Balaban J connectivity index is 1.87. The number of carbonyl (C=O) groups excluding carboxylic acids is 3. The van der Waals surface area contributed by atoms with Crippen molar-refractivity contribution in [3.63, 3.8) is 0 Å². The van der Waals surface area contributed by atoms with Gasteiger partial charge in [-0.15, -0.1) is 0 Å². The first-order valence-corrected chi connectivity index (χ1v) is 7.71. The number of ether oxygens (including phenoxy) is 1. The Morgan fingerprint density at radius 1 is 1.15 bits per heavy atom. The van der Waals surface area contributed by atoms with Gasteiger partial charge in [-0.1, -0.05) is 18.2 Å². The smallest absolute Gasteiger partial charge is 0.339 e. The number of carbonyl (C=O) groups is 3. The summed E-state index contributed by atoms with van der Waals surface area (Å²) in [5.41, 5.74) is 1.30. The molecule has 0 bridgehead atoms. The van der Waals surface area contributed by atoms with Gasteiger partial charge in [-0.3, -0.25) is 10.1 Å². The number of esters is 1. The van der Waals surface area contributed by atoms with Crippen molar-refractivity contribution in [3.8, 4) is 11.5 Å². The summed E-state index contributed by atoms with van der Waals surface area (Å²) in [5, 5.41) is 4.83. The van der Waals surface area contributed by atoms with Gasteiger partial charge >= 0.3 is 12.0 Å². The average molecular weight is 353 g/mol. The number of benzene rings is 1. The van der Waals surface area contributed by atoms with E-state index in [0.29, 0.717) is 22.4 Å². The number of fused-ring (bicyclic) bond motifs is 1. The molecule has 0 aliphatic heterocycles. The minimum atomic E-state index is -0.734. The highest BCUT2D eigenvalue weighted by Gasteiger charge is 2.17. The van der Waals surface area contributed by atoms with Crippen LogP contribution in [0, 0.1) is 0 Å². The molecule has 132 valence electrons. The zero-order valence-electron chi connectivity index (χ0n) is 13.8. The molecule has 2 heterocycles. The van der Waals surface area contributed by atoms with E-state index < -0.39 is 24.5 Å². The maximum absolute atomic E-state index is 12.5. The Morgan fingerprint density at radius 3 is 2.69 bits per heavy atom. The molecule has 0 radical (unpaired) electrons. The second kappa shape index (κ2) is 7.47. The van der Waals surface area contributed by atoms with Crippen molar-refractivity contribution in [2.75, 3.05) is 13.7 Å². The number of nitrogens with one attached hydrogen (secondary N) is 2. The standard InChI is InChI=1S/C18H15N3O5/c1-19-18(24)21-16(22)10-26-17(23)12-9-14(15-7-4-8-25-15)20-13-6-3-2-5-11(12)13/h2-9H,10H2,1H3,(H2,19,21,22,24). The van der Waals surface area contributed by atoms with Gasteiger partial charge in [-0.25, -0.2) is 14.6 Å². The zero-order valence-corrected chi connectivity index (χ0v) is 13.8. The highest BCUT2D eigenvalue weighted by atomic mass is 16.5. The lowest BCUT2D eigenvalue weighted by molar-refractivity contribution is -0.123. The maximum atomic E-state index is 12.5. The molecule has 8 heteroatoms. The summed E-state index contributed by atoms with van der Waals surface area (Å²) in [6.07, 6.45) is 1.51. The second-order valence-electron chi connectivity index (χ2n) is 5.25. The Bertz CT molecular complexity index is 966. The Labute approximate surface area is 148 Å². The topological polar surface area (TPSA) is 111 Å². The van der Waals surface area contributed by atoms with Crippen molar-refractivity contribution in [2.24, 2.45) is 0 Å². The van der Waals surface area contributed by atoms with Gasteiger partial charge in [0.25, 0.3) is 5.91 Å². The molecule has 0 aliphatic rings. The number of imide groups is 1. The van der Waals surface area contributed by atoms with E-state index in [1.807, 2.05) is 5.32 Å². The fourth-order valence-electron chi connectivity index (χ4n) is 2.33. The van der Waals surface area contributed by atoms with Crippen LogP contribution >= 0.6 is 0 Å². The molecular weight excluding hydrogens is 338 g/mol. The minimum Gasteiger partial charge on any atom is -0.463 e. The molecule has 0 spiro atoms. The van der Waals surface area contributed by atoms with Gasteiger partial charge in [0, 0.05) is 12.4 Å². The van der Waals surface area contributed by atoms with Crippen LogP contribution in [0.1, 0.15) is 10.4 Å². The third-order valence-corrected chi connectivity index (χ3v) is 3.52. The average Bonchev–Trinajstić information content (AvgIpc) is 3.20. The largest absolute Gasteiger partial charge is 0.463 e. The van der Waals surface area contributed by atoms with Crippen LogP contribution in [0.25, 0.3) is 22.4 Å². The van der Waals surface area contributed by atoms with Gasteiger partial charge in [0.2, 0.25) is 0 Å². The first-order chi connectivity index (χ1) is 12.6. The van der Waals surface area contributed by atoms with Crippen molar-refractivity contribution >= 4 is 28.8 Å². The first kappa shape index (κ1) is 17.2. The molecule has 0 unspecified atom stereocenters. The minimum absolute atomic E-state index is 0.245. The van der Waals surface area contributed by atoms with Crippen molar-refractivity contribution in [1.82, 2.24) is 15.6 Å². The van der Waals surface area contributed by atoms with Crippen molar-refractivity contribution in [2.45, 2.75) is 0 Å². The molecule has 0 saturated carbocycles. The number of amides is 3. The summed E-state index contributed by atoms with van der Waals surface area (Å²) < 4.78 is 10.4. The molecule has 0 aliphatic carbocycles. The van der Waals surface area contributed by atoms with Crippen LogP contribution in [0.5, 0.6) is 0 Å². The van der Waals surface area contributed by atoms with E-state index in [2.05, 4.69) is 10.3 Å². The number of rotatable bonds is 4. The van der Waals surface area contributed by atoms with E-state index in [9.17, 15) is 14.4 Å². The Kier molecular flexibility index (Phi) is 4.93. The van der Waals surface area contributed by atoms with E-state index in [-0.39, 0.29) is 5.56 Å². The van der Waals surface area contributed by atoms with Crippen LogP contribution in [0.15, 0.2) is 53.1 Å². The number of furan rings is 1. The van der Waals surface area contributed by atoms with E-state index in [1.165, 1.54) is 13.3 Å². The fourth-order valence-corrected chi connectivity index (χ4v) is 2.33. The molecular formula is C18H15N3O5. The molecule has 3 amide bonds. The highest BCUT2D eigenvalue weighted by molar-refractivity contribution is 6.05. The number of urea groups is 1. The lowest BCUT2D eigenvalue weighted by atomic mass is 10.1. The van der Waals surface area contributed by atoms with E-state index in [1.54, 1.807) is 42.5 Å². The lowest BCUT2D eigenvalue weighted by Gasteiger charge is -2.09. The SMILES string of the molecule is CNC(=O)NC(=O)COC(=O)c1cc(-c2ccco2)nc2ccccc12. The molecule has 8 nitrogen and oxygen atoms in total. The quantitative estimate of drug-likeness (QED) is 0.695. The fraction of sp³-hybridized carbons (Fsp3) is 0.111. The van der Waals surface area contributed by atoms with Gasteiger partial charge in [-0.05, 0) is 24.3 Å². The molecule has 2 aromatic heterocycles. The van der Waals surface area contributed by atoms with Gasteiger partial charge in [-0.2, -0.15) is 0 Å². The molecule has 26 heavy (non-hydrogen) atoms. The molecule has 0 fully saturated rings. The number of pyridine rings is 1. The molecule has 1 aromatic carbocycles. The summed E-state index contributed by atoms with van der Waals surface area (Å²) in [6.45, 7) is -0.584. The lowest BCUT2D eigenvalue weighted by Crippen LogP contribution is -2.39. The van der Waals surface area contributed by atoms with Crippen molar-refractivity contribution < 1.29 is 23.5 Å². The van der Waals surface area contributed by atoms with Crippen LogP contribution < -0.4 is 10.6 Å². The summed E-state index contributed by atoms with van der Waals surface area (Å²) >= 11 is 0. The maximum Gasteiger partial charge on any atom is 0.339 e. The highest BCUT2D eigenvalue weighted by Crippen LogP contribution is 2.25. The number of hydrogen-bond acceptors (Lipinski definition) is 6. The Hall–Kier alpha value is -3.68. The van der Waals surface area contributed by atoms with Gasteiger partial charge in [0.05, 0.1) is 17.3 Å². The van der Waals surface area contributed by atoms with Crippen LogP contribution in [0.2, 0.25) is 0 Å². The molecule has 0 saturated heterocycles. The Morgan fingerprint density at radius 2 is 1.96 bits per heavy atom. The van der Waals surface area contributed by atoms with Gasteiger partial charge < -0.3 is 14.5 Å². The van der Waals surface area contributed by atoms with Gasteiger partial charge in [0.15, 0.2) is 12.4 Å². The van der Waals surface area contributed by atoms with E-state index in [0.717, 1.165) is 0 Å². The van der Waals surface area contributed by atoms with Crippen LogP contribution in [0.4, 0.5) is 4.79 Å². The summed E-state index contributed by atoms with van der Waals surface area (Å²) in [4.78, 5) is 39.6. The molecule has 2 N–H and O–H groups in total. The predicted octanol–water partition coefficient (Wildman–Crippen LogP) is 2.11. The molecule has 3 aromatic rings. The van der Waals surface area contributed by atoms with Crippen molar-refractivity contribution in [3.05, 3.63) is 54.3 Å². The monoisotopic (exact) mass is 353 g/mol. The molecule has 3 rings (SSSR count). The summed E-state index contributed by atoms with van der Waals surface area (Å²) in [5.74, 6) is -0.937. The molecule has 0 atom stereocenters. The van der Waals surface area contributed by atoms with E-state index in [4.69, 9.17) is 9.15 Å². The van der Waals surface area contributed by atoms with Gasteiger partial charge in [0.1, 0.15) is 5.69 Å². The zero-order chi connectivity index (χ0) is 18.5. The number of nitrogens with zero attached hydrogens (tertiary/aromatic N) is 1. The van der Waals surface area contributed by atoms with Crippen LogP contribution in [-0.4, -0.2) is 36.5 Å². The third kappa shape index (κ3) is 3.69.